The van der Waals surface area contributed by atoms with E-state index in [4.69, 9.17) is 5.11 Å². The van der Waals surface area contributed by atoms with E-state index < -0.39 is 5.97 Å². The summed E-state index contributed by atoms with van der Waals surface area (Å²) in [5.41, 5.74) is 0. The molecule has 20 heavy (non-hydrogen) atoms. The molecule has 0 amide bonds. The standard InChI is InChI=1S/C16H28N2O2/c1-3-4-5-6-7-8-9-10-11-15-17(2)12-13-18(15)14-16(19)20/h12-13H,3-11,14H2,1-2H3/p+1. The fourth-order valence-corrected chi connectivity index (χ4v) is 2.58. The summed E-state index contributed by atoms with van der Waals surface area (Å²) in [6.07, 6.45) is 15.2. The van der Waals surface area contributed by atoms with Gasteiger partial charge in [0.2, 0.25) is 0 Å². The van der Waals surface area contributed by atoms with Gasteiger partial charge in [0.15, 0.2) is 6.54 Å². The molecule has 1 heterocycles. The highest BCUT2D eigenvalue weighted by atomic mass is 16.4. The molecular formula is C16H29N2O2+. The minimum Gasteiger partial charge on any atom is -0.478 e. The molecule has 114 valence electrons. The maximum Gasteiger partial charge on any atom is 0.346 e. The second-order valence-electron chi connectivity index (χ2n) is 5.57. The molecule has 1 aromatic heterocycles. The van der Waals surface area contributed by atoms with Crippen LogP contribution in [0.2, 0.25) is 0 Å². The Morgan fingerprint density at radius 3 is 2.35 bits per heavy atom. The van der Waals surface area contributed by atoms with Crippen molar-refractivity contribution in [3.05, 3.63) is 18.2 Å². The summed E-state index contributed by atoms with van der Waals surface area (Å²) >= 11 is 0. The highest BCUT2D eigenvalue weighted by molar-refractivity contribution is 5.66. The Balaban J connectivity index is 2.21. The van der Waals surface area contributed by atoms with Crippen molar-refractivity contribution >= 4 is 5.97 Å². The maximum absolute atomic E-state index is 10.8. The predicted molar refractivity (Wildman–Crippen MR) is 79.6 cm³/mol. The first kappa shape index (κ1) is 16.7. The average molecular weight is 281 g/mol. The predicted octanol–water partition coefficient (Wildman–Crippen LogP) is 3.08. The van der Waals surface area contributed by atoms with Crippen molar-refractivity contribution in [3.8, 4) is 0 Å². The van der Waals surface area contributed by atoms with Crippen LogP contribution >= 0.6 is 0 Å². The molecule has 0 aliphatic carbocycles. The van der Waals surface area contributed by atoms with E-state index in [0.29, 0.717) is 0 Å². The number of hydrogen-bond acceptors (Lipinski definition) is 1. The molecule has 0 atom stereocenters. The second-order valence-corrected chi connectivity index (χ2v) is 5.57. The van der Waals surface area contributed by atoms with Gasteiger partial charge in [-0.15, -0.1) is 0 Å². The molecule has 0 aromatic carbocycles. The van der Waals surface area contributed by atoms with Gasteiger partial charge in [-0.3, -0.25) is 0 Å². The first-order valence-corrected chi connectivity index (χ1v) is 7.90. The maximum atomic E-state index is 10.8. The third kappa shape index (κ3) is 6.22. The monoisotopic (exact) mass is 281 g/mol. The van der Waals surface area contributed by atoms with E-state index in [1.54, 1.807) is 0 Å². The van der Waals surface area contributed by atoms with Gasteiger partial charge in [0.25, 0.3) is 5.82 Å². The summed E-state index contributed by atoms with van der Waals surface area (Å²) in [5, 5.41) is 8.88. The van der Waals surface area contributed by atoms with Crippen molar-refractivity contribution in [1.29, 1.82) is 0 Å². The molecule has 4 nitrogen and oxygen atoms in total. The third-order valence-corrected chi connectivity index (χ3v) is 3.77. The molecule has 0 aliphatic heterocycles. The number of aliphatic carboxylic acids is 1. The summed E-state index contributed by atoms with van der Waals surface area (Å²) in [7, 11) is 1.98. The second kappa shape index (κ2) is 9.56. The van der Waals surface area contributed by atoms with Gasteiger partial charge in [0.1, 0.15) is 12.4 Å². The molecular weight excluding hydrogens is 252 g/mol. The molecule has 0 fully saturated rings. The van der Waals surface area contributed by atoms with Crippen LogP contribution in [0.15, 0.2) is 12.4 Å². The van der Waals surface area contributed by atoms with E-state index in [0.717, 1.165) is 18.7 Å². The number of rotatable bonds is 11. The van der Waals surface area contributed by atoms with E-state index >= 15 is 0 Å². The summed E-state index contributed by atoms with van der Waals surface area (Å²) in [5.74, 6) is 0.330. The van der Waals surface area contributed by atoms with Crippen LogP contribution in [0.3, 0.4) is 0 Å². The normalized spacial score (nSPS) is 10.9. The van der Waals surface area contributed by atoms with Crippen molar-refractivity contribution in [1.82, 2.24) is 4.57 Å². The van der Waals surface area contributed by atoms with Crippen LogP contribution in [0.4, 0.5) is 0 Å². The van der Waals surface area contributed by atoms with Gasteiger partial charge in [-0.05, 0) is 6.42 Å². The Bertz CT molecular complexity index is 399. The van der Waals surface area contributed by atoms with Gasteiger partial charge in [0.05, 0.1) is 7.05 Å². The summed E-state index contributed by atoms with van der Waals surface area (Å²) in [6.45, 7) is 2.30. The Hall–Kier alpha value is -1.32. The first-order chi connectivity index (χ1) is 9.65. The van der Waals surface area contributed by atoms with Crippen LogP contribution in [0.1, 0.15) is 64.1 Å². The molecule has 0 saturated heterocycles. The molecule has 0 unspecified atom stereocenters. The summed E-state index contributed by atoms with van der Waals surface area (Å²) < 4.78 is 3.87. The molecule has 1 rings (SSSR count). The van der Waals surface area contributed by atoms with E-state index in [1.807, 2.05) is 28.6 Å². The van der Waals surface area contributed by atoms with Crippen LogP contribution in [0.25, 0.3) is 0 Å². The SMILES string of the molecule is CCCCCCCCCCc1n(CC(=O)O)cc[n+]1C. The van der Waals surface area contributed by atoms with Crippen molar-refractivity contribution in [3.63, 3.8) is 0 Å². The number of aromatic nitrogens is 2. The molecule has 1 aromatic rings. The largest absolute Gasteiger partial charge is 0.478 e. The minimum atomic E-state index is -0.779. The Morgan fingerprint density at radius 2 is 1.75 bits per heavy atom. The van der Waals surface area contributed by atoms with Crippen molar-refractivity contribution in [2.24, 2.45) is 7.05 Å². The van der Waals surface area contributed by atoms with Crippen LogP contribution in [0, 0.1) is 0 Å². The number of hydrogen-bond donors (Lipinski definition) is 1. The number of unbranched alkanes of at least 4 members (excludes halogenated alkanes) is 7. The van der Waals surface area contributed by atoms with Gasteiger partial charge >= 0.3 is 5.97 Å². The van der Waals surface area contributed by atoms with Gasteiger partial charge in [-0.1, -0.05) is 51.9 Å². The number of carboxylic acids is 1. The Labute approximate surface area is 122 Å². The zero-order valence-electron chi connectivity index (χ0n) is 13.0. The number of imidazole rings is 1. The lowest BCUT2D eigenvalue weighted by Gasteiger charge is -2.02. The quantitative estimate of drug-likeness (QED) is 0.500. The average Bonchev–Trinajstić information content (AvgIpc) is 2.73. The third-order valence-electron chi connectivity index (χ3n) is 3.77. The fourth-order valence-electron chi connectivity index (χ4n) is 2.58. The lowest BCUT2D eigenvalue weighted by molar-refractivity contribution is -0.678. The van der Waals surface area contributed by atoms with Gasteiger partial charge < -0.3 is 5.11 Å². The molecule has 1 N–H and O–H groups in total. The van der Waals surface area contributed by atoms with Crippen LogP contribution in [0.5, 0.6) is 0 Å². The Kier molecular flexibility index (Phi) is 8.00. The van der Waals surface area contributed by atoms with E-state index in [9.17, 15) is 4.79 Å². The summed E-state index contributed by atoms with van der Waals surface area (Å²) in [6, 6.07) is 0. The molecule has 0 saturated carbocycles. The van der Waals surface area contributed by atoms with Crippen LogP contribution < -0.4 is 4.57 Å². The number of carboxylic acid groups (broad SMARTS) is 1. The van der Waals surface area contributed by atoms with Gasteiger partial charge in [0, 0.05) is 6.42 Å². The van der Waals surface area contributed by atoms with E-state index in [-0.39, 0.29) is 6.54 Å². The number of carbonyl (C=O) groups is 1. The smallest absolute Gasteiger partial charge is 0.346 e. The Morgan fingerprint density at radius 1 is 1.15 bits per heavy atom. The van der Waals surface area contributed by atoms with Gasteiger partial charge in [-0.2, -0.15) is 0 Å². The van der Waals surface area contributed by atoms with Crippen molar-refractivity contribution in [2.75, 3.05) is 0 Å². The van der Waals surface area contributed by atoms with Crippen molar-refractivity contribution in [2.45, 2.75) is 71.3 Å². The van der Waals surface area contributed by atoms with Crippen LogP contribution in [-0.2, 0) is 24.8 Å². The highest BCUT2D eigenvalue weighted by Gasteiger charge is 2.16. The van der Waals surface area contributed by atoms with Crippen molar-refractivity contribution < 1.29 is 14.5 Å². The zero-order valence-corrected chi connectivity index (χ0v) is 13.0. The summed E-state index contributed by atoms with van der Waals surface area (Å²) in [4.78, 5) is 10.8. The molecule has 0 radical (unpaired) electrons. The van der Waals surface area contributed by atoms with E-state index in [1.165, 1.54) is 44.9 Å². The van der Waals surface area contributed by atoms with Gasteiger partial charge in [-0.25, -0.2) is 13.9 Å². The zero-order chi connectivity index (χ0) is 14.8. The topological polar surface area (TPSA) is 46.1 Å². The minimum absolute atomic E-state index is 0.0627. The first-order valence-electron chi connectivity index (χ1n) is 7.90. The highest BCUT2D eigenvalue weighted by Crippen LogP contribution is 2.10. The molecule has 4 heteroatoms. The number of aryl methyl sites for hydroxylation is 1. The lowest BCUT2D eigenvalue weighted by atomic mass is 10.1. The number of nitrogens with zero attached hydrogens (tertiary/aromatic N) is 2. The molecule has 0 aliphatic rings. The van der Waals surface area contributed by atoms with Crippen LogP contribution in [-0.4, -0.2) is 15.6 Å². The van der Waals surface area contributed by atoms with E-state index in [2.05, 4.69) is 6.92 Å². The molecule has 0 spiro atoms. The fraction of sp³-hybridized carbons (Fsp3) is 0.750. The lowest BCUT2D eigenvalue weighted by Crippen LogP contribution is -2.32. The molecule has 0 bridgehead atoms.